The summed E-state index contributed by atoms with van der Waals surface area (Å²) in [5, 5.41) is 15.2. The van der Waals surface area contributed by atoms with Gasteiger partial charge in [-0.15, -0.1) is 11.3 Å². The SMILES string of the molecule is COCC[C@H]1CN(C2=Nc3ccccc3Nc3sc(C(C)C)nc32)CCN1CCO. The molecule has 0 radical (unpaired) electrons. The number of aliphatic hydroxyl groups is 1. The fraction of sp³-hybridized carbons (Fsp3) is 0.545. The van der Waals surface area contributed by atoms with E-state index in [1.165, 1.54) is 0 Å². The van der Waals surface area contributed by atoms with Gasteiger partial charge in [0.15, 0.2) is 5.84 Å². The topological polar surface area (TPSA) is 73.2 Å². The Kier molecular flexibility index (Phi) is 6.67. The molecule has 30 heavy (non-hydrogen) atoms. The van der Waals surface area contributed by atoms with Crippen LogP contribution in [0.15, 0.2) is 29.3 Å². The van der Waals surface area contributed by atoms with E-state index in [0.717, 1.165) is 59.0 Å². The first-order valence-electron chi connectivity index (χ1n) is 10.6. The Bertz CT molecular complexity index is 897. The molecule has 0 saturated carbocycles. The number of amidine groups is 1. The highest BCUT2D eigenvalue weighted by molar-refractivity contribution is 7.16. The smallest absolute Gasteiger partial charge is 0.158 e. The monoisotopic (exact) mass is 429 g/mol. The van der Waals surface area contributed by atoms with Gasteiger partial charge in [-0.3, -0.25) is 4.90 Å². The third-order valence-electron chi connectivity index (χ3n) is 5.67. The number of nitrogens with zero attached hydrogens (tertiary/aromatic N) is 4. The van der Waals surface area contributed by atoms with Gasteiger partial charge in [-0.2, -0.15) is 0 Å². The van der Waals surface area contributed by atoms with Gasteiger partial charge >= 0.3 is 0 Å². The van der Waals surface area contributed by atoms with Crippen molar-refractivity contribution in [2.45, 2.75) is 32.2 Å². The number of fused-ring (bicyclic) bond motifs is 2. The van der Waals surface area contributed by atoms with Crippen LogP contribution < -0.4 is 5.32 Å². The molecule has 1 aromatic heterocycles. The van der Waals surface area contributed by atoms with Gasteiger partial charge in [-0.25, -0.2) is 9.98 Å². The predicted octanol–water partition coefficient (Wildman–Crippen LogP) is 3.42. The zero-order valence-corrected chi connectivity index (χ0v) is 18.8. The molecule has 8 heteroatoms. The Labute approximate surface area is 182 Å². The molecule has 0 amide bonds. The van der Waals surface area contributed by atoms with Crippen LogP contribution in [0.1, 0.15) is 36.9 Å². The molecule has 1 saturated heterocycles. The maximum atomic E-state index is 9.48. The van der Waals surface area contributed by atoms with Crippen molar-refractivity contribution in [1.29, 1.82) is 0 Å². The van der Waals surface area contributed by atoms with Gasteiger partial charge in [0.1, 0.15) is 10.7 Å². The number of piperazine rings is 1. The number of para-hydroxylation sites is 2. The third kappa shape index (κ3) is 4.37. The van der Waals surface area contributed by atoms with Crippen LogP contribution in [0.2, 0.25) is 0 Å². The van der Waals surface area contributed by atoms with E-state index in [1.807, 2.05) is 18.2 Å². The highest BCUT2D eigenvalue weighted by Gasteiger charge is 2.32. The lowest BCUT2D eigenvalue weighted by atomic mass is 10.1. The second-order valence-electron chi connectivity index (χ2n) is 8.10. The molecule has 7 nitrogen and oxygen atoms in total. The maximum Gasteiger partial charge on any atom is 0.158 e. The lowest BCUT2D eigenvalue weighted by molar-refractivity contribution is 0.0664. The first kappa shape index (κ1) is 21.2. The van der Waals surface area contributed by atoms with Crippen molar-refractivity contribution in [3.8, 4) is 0 Å². The quantitative estimate of drug-likeness (QED) is 0.733. The van der Waals surface area contributed by atoms with Crippen LogP contribution in [0.25, 0.3) is 0 Å². The van der Waals surface area contributed by atoms with Crippen molar-refractivity contribution in [3.05, 3.63) is 35.0 Å². The normalized spacial score (nSPS) is 19.2. The molecule has 3 heterocycles. The van der Waals surface area contributed by atoms with Crippen LogP contribution in [-0.2, 0) is 4.74 Å². The average Bonchev–Trinajstić information content (AvgIpc) is 3.10. The molecule has 0 bridgehead atoms. The molecule has 2 aliphatic rings. The minimum Gasteiger partial charge on any atom is -0.395 e. The first-order valence-corrected chi connectivity index (χ1v) is 11.5. The number of ether oxygens (including phenoxy) is 1. The third-order valence-corrected chi connectivity index (χ3v) is 6.95. The van der Waals surface area contributed by atoms with E-state index in [0.29, 0.717) is 25.1 Å². The summed E-state index contributed by atoms with van der Waals surface area (Å²) in [7, 11) is 1.74. The van der Waals surface area contributed by atoms with E-state index < -0.39 is 0 Å². The van der Waals surface area contributed by atoms with E-state index >= 15 is 0 Å². The number of nitrogens with one attached hydrogen (secondary N) is 1. The molecule has 2 N–H and O–H groups in total. The molecule has 1 fully saturated rings. The van der Waals surface area contributed by atoms with Crippen molar-refractivity contribution < 1.29 is 9.84 Å². The van der Waals surface area contributed by atoms with Crippen molar-refractivity contribution in [2.24, 2.45) is 4.99 Å². The largest absolute Gasteiger partial charge is 0.395 e. The van der Waals surface area contributed by atoms with Crippen LogP contribution >= 0.6 is 11.3 Å². The molecule has 0 spiro atoms. The number of aliphatic imine (C=N–C) groups is 1. The number of anilines is 2. The molecule has 2 aliphatic heterocycles. The van der Waals surface area contributed by atoms with Gasteiger partial charge < -0.3 is 20.1 Å². The number of aromatic nitrogens is 1. The lowest BCUT2D eigenvalue weighted by Crippen LogP contribution is -2.55. The Hall–Kier alpha value is -2.00. The van der Waals surface area contributed by atoms with E-state index in [-0.39, 0.29) is 6.61 Å². The molecule has 0 unspecified atom stereocenters. The van der Waals surface area contributed by atoms with Gasteiger partial charge in [-0.1, -0.05) is 26.0 Å². The number of benzene rings is 1. The van der Waals surface area contributed by atoms with Crippen LogP contribution in [-0.4, -0.2) is 78.3 Å². The molecule has 1 aromatic carbocycles. The number of rotatable bonds is 6. The number of hydrogen-bond acceptors (Lipinski definition) is 8. The van der Waals surface area contributed by atoms with Crippen LogP contribution in [0, 0.1) is 0 Å². The van der Waals surface area contributed by atoms with Crippen molar-refractivity contribution in [3.63, 3.8) is 0 Å². The van der Waals surface area contributed by atoms with E-state index in [2.05, 4.69) is 35.0 Å². The minimum absolute atomic E-state index is 0.176. The molecule has 1 atom stereocenters. The predicted molar refractivity (Wildman–Crippen MR) is 123 cm³/mol. The minimum atomic E-state index is 0.176. The number of hydrogen-bond donors (Lipinski definition) is 2. The average molecular weight is 430 g/mol. The summed E-state index contributed by atoms with van der Waals surface area (Å²) in [5.74, 6) is 1.31. The zero-order chi connectivity index (χ0) is 21.1. The molecular formula is C22H31N5O2S. The van der Waals surface area contributed by atoms with Gasteiger partial charge in [0, 0.05) is 51.9 Å². The molecule has 0 aliphatic carbocycles. The van der Waals surface area contributed by atoms with Crippen LogP contribution in [0.3, 0.4) is 0 Å². The fourth-order valence-corrected chi connectivity index (χ4v) is 5.02. The lowest BCUT2D eigenvalue weighted by Gasteiger charge is -2.42. The highest BCUT2D eigenvalue weighted by atomic mass is 32.1. The molecular weight excluding hydrogens is 398 g/mol. The van der Waals surface area contributed by atoms with Crippen molar-refractivity contribution in [1.82, 2.24) is 14.8 Å². The second kappa shape index (κ2) is 9.43. The molecule has 162 valence electrons. The summed E-state index contributed by atoms with van der Waals surface area (Å²) < 4.78 is 5.35. The molecule has 2 aromatic rings. The summed E-state index contributed by atoms with van der Waals surface area (Å²) in [6.07, 6.45) is 0.927. The van der Waals surface area contributed by atoms with Gasteiger partial charge in [-0.05, 0) is 18.6 Å². The number of thiazole rings is 1. The Morgan fingerprint density at radius 3 is 2.90 bits per heavy atom. The van der Waals surface area contributed by atoms with Crippen molar-refractivity contribution >= 4 is 33.5 Å². The van der Waals surface area contributed by atoms with E-state index in [9.17, 15) is 5.11 Å². The highest BCUT2D eigenvalue weighted by Crippen LogP contribution is 2.39. The van der Waals surface area contributed by atoms with Gasteiger partial charge in [0.2, 0.25) is 0 Å². The maximum absolute atomic E-state index is 9.48. The van der Waals surface area contributed by atoms with Crippen molar-refractivity contribution in [2.75, 3.05) is 51.8 Å². The standard InChI is InChI=1S/C22H31N5O2S/c1-15(2)21-25-19-20(23-17-6-4-5-7-18(17)24-22(19)30-21)27-10-9-26(11-12-28)16(14-27)8-13-29-3/h4-7,15-16,24,28H,8-14H2,1-3H3/t16-/m0/s1. The summed E-state index contributed by atoms with van der Waals surface area (Å²) in [5.41, 5.74) is 2.90. The Morgan fingerprint density at radius 2 is 2.13 bits per heavy atom. The van der Waals surface area contributed by atoms with E-state index in [1.54, 1.807) is 18.4 Å². The van der Waals surface area contributed by atoms with Gasteiger partial charge in [0.05, 0.1) is 23.0 Å². The van der Waals surface area contributed by atoms with Crippen LogP contribution in [0.5, 0.6) is 0 Å². The van der Waals surface area contributed by atoms with Gasteiger partial charge in [0.25, 0.3) is 0 Å². The van der Waals surface area contributed by atoms with E-state index in [4.69, 9.17) is 14.7 Å². The Balaban J connectivity index is 1.70. The molecule has 4 rings (SSSR count). The van der Waals surface area contributed by atoms with Crippen LogP contribution in [0.4, 0.5) is 16.4 Å². The summed E-state index contributed by atoms with van der Waals surface area (Å²) in [6.45, 7) is 8.52. The second-order valence-corrected chi connectivity index (χ2v) is 9.13. The Morgan fingerprint density at radius 1 is 1.30 bits per heavy atom. The fourth-order valence-electron chi connectivity index (χ4n) is 4.04. The first-order chi connectivity index (χ1) is 14.6. The number of β-amino-alcohol motifs (C(OH)–C–C–N with tert-alkyl or cyclic N) is 1. The summed E-state index contributed by atoms with van der Waals surface area (Å²) in [4.78, 5) is 14.8. The summed E-state index contributed by atoms with van der Waals surface area (Å²) >= 11 is 1.72. The zero-order valence-electron chi connectivity index (χ0n) is 18.0. The number of aliphatic hydroxyl groups excluding tert-OH is 1. The number of methoxy groups -OCH3 is 1. The summed E-state index contributed by atoms with van der Waals surface area (Å²) in [6, 6.07) is 8.49.